The number of anilines is 3. The van der Waals surface area contributed by atoms with Gasteiger partial charge in [-0.1, -0.05) is 141 Å². The van der Waals surface area contributed by atoms with Crippen LogP contribution in [0.1, 0.15) is 30.5 Å². The Labute approximate surface area is 288 Å². The van der Waals surface area contributed by atoms with Gasteiger partial charge in [0.1, 0.15) is 0 Å². The molecule has 8 aromatic carbocycles. The van der Waals surface area contributed by atoms with Gasteiger partial charge < -0.3 is 4.90 Å². The predicted molar refractivity (Wildman–Crippen MR) is 205 cm³/mol. The van der Waals surface area contributed by atoms with E-state index in [-0.39, 0.29) is 35.3 Å². The Balaban J connectivity index is 1.29. The van der Waals surface area contributed by atoms with E-state index in [4.69, 9.17) is 2.74 Å². The van der Waals surface area contributed by atoms with Crippen LogP contribution in [-0.4, -0.2) is 0 Å². The summed E-state index contributed by atoms with van der Waals surface area (Å²) in [7, 11) is 0. The minimum atomic E-state index is -0.268. The molecule has 0 aromatic heterocycles. The summed E-state index contributed by atoms with van der Waals surface area (Å²) in [6, 6.07) is 51.4. The van der Waals surface area contributed by atoms with Crippen LogP contribution in [0.4, 0.5) is 17.1 Å². The van der Waals surface area contributed by atoms with Crippen LogP contribution in [0.3, 0.4) is 0 Å². The molecule has 1 aliphatic rings. The van der Waals surface area contributed by atoms with Gasteiger partial charge in [-0.15, -0.1) is 0 Å². The summed E-state index contributed by atoms with van der Waals surface area (Å²) in [5.74, 6) is 0. The van der Waals surface area contributed by atoms with Gasteiger partial charge in [-0.2, -0.15) is 0 Å². The van der Waals surface area contributed by atoms with Crippen molar-refractivity contribution in [2.75, 3.05) is 4.90 Å². The third kappa shape index (κ3) is 4.70. The van der Waals surface area contributed by atoms with E-state index in [0.717, 1.165) is 44.2 Å². The third-order valence-electron chi connectivity index (χ3n) is 9.89. The second kappa shape index (κ2) is 11.1. The quantitative estimate of drug-likeness (QED) is 0.186. The van der Waals surface area contributed by atoms with E-state index in [2.05, 4.69) is 98.8 Å². The number of benzene rings is 8. The highest BCUT2D eigenvalue weighted by atomic mass is 15.1. The number of rotatable bonds is 5. The van der Waals surface area contributed by atoms with Crippen molar-refractivity contribution in [2.24, 2.45) is 0 Å². The van der Waals surface area contributed by atoms with Crippen LogP contribution in [0.25, 0.3) is 54.9 Å². The highest BCUT2D eigenvalue weighted by molar-refractivity contribution is 5.91. The minimum absolute atomic E-state index is 0.0421. The molecule has 0 unspecified atom stereocenters. The minimum Gasteiger partial charge on any atom is -0.310 e. The molecule has 0 heterocycles. The van der Waals surface area contributed by atoms with Crippen LogP contribution < -0.4 is 4.90 Å². The first-order chi connectivity index (χ1) is 25.2. The van der Waals surface area contributed by atoms with Crippen molar-refractivity contribution in [2.45, 2.75) is 19.3 Å². The fourth-order valence-corrected chi connectivity index (χ4v) is 7.37. The molecule has 8 aromatic rings. The van der Waals surface area contributed by atoms with E-state index in [0.29, 0.717) is 11.1 Å². The zero-order chi connectivity index (χ0) is 35.7. The van der Waals surface area contributed by atoms with E-state index in [1.165, 1.54) is 22.1 Å². The molecule has 0 radical (unpaired) electrons. The Morgan fingerprint density at radius 3 is 1.79 bits per heavy atom. The van der Waals surface area contributed by atoms with Crippen LogP contribution in [0.15, 0.2) is 176 Å². The van der Waals surface area contributed by atoms with Gasteiger partial charge >= 0.3 is 0 Å². The summed E-state index contributed by atoms with van der Waals surface area (Å²) in [5.41, 5.74) is 9.45. The maximum Gasteiger partial charge on any atom is 0.0651 e. The highest BCUT2D eigenvalue weighted by Crippen LogP contribution is 2.50. The van der Waals surface area contributed by atoms with E-state index in [1.54, 1.807) is 0 Å². The first kappa shape index (κ1) is 24.3. The number of hydrogen-bond acceptors (Lipinski definition) is 1. The Bertz CT molecular complexity index is 2730. The predicted octanol–water partition coefficient (Wildman–Crippen LogP) is 13.1. The first-order valence-electron chi connectivity index (χ1n) is 18.4. The van der Waals surface area contributed by atoms with Crippen molar-refractivity contribution in [3.8, 4) is 33.4 Å². The summed E-state index contributed by atoms with van der Waals surface area (Å²) in [5, 5.41) is 4.36. The lowest BCUT2D eigenvalue weighted by Crippen LogP contribution is -2.16. The van der Waals surface area contributed by atoms with Gasteiger partial charge in [0.2, 0.25) is 0 Å². The molecule has 0 saturated heterocycles. The first-order valence-corrected chi connectivity index (χ1v) is 16.4. The standard InChI is InChI=1S/C47H35N/c1-47(2)45-20-8-7-19-43(45)44-26-25-42(31-46(44)47)48(40-17-9-15-36(29-40)38-23-21-32-11-3-5-13-34(32)27-38)41-18-10-16-37(30-41)39-24-22-33-12-4-6-14-35(33)28-39/h3-31H,1-2H3/i9D,15D,17D,29D. The largest absolute Gasteiger partial charge is 0.310 e. The third-order valence-corrected chi connectivity index (χ3v) is 9.89. The maximum atomic E-state index is 9.78. The smallest absolute Gasteiger partial charge is 0.0651 e. The second-order valence-corrected chi connectivity index (χ2v) is 13.1. The summed E-state index contributed by atoms with van der Waals surface area (Å²) in [6.45, 7) is 4.49. The SMILES string of the molecule is [2H]c1c([2H])c(-c2ccc3ccccc3c2)c([2H])c(N(c2cccc(-c3ccc4ccccc4c3)c2)c2ccc3c(c2)C(C)(C)c2ccccc2-3)c1[2H]. The molecule has 0 N–H and O–H groups in total. The number of nitrogens with zero attached hydrogens (tertiary/aromatic N) is 1. The van der Waals surface area contributed by atoms with Crippen molar-refractivity contribution < 1.29 is 5.48 Å². The van der Waals surface area contributed by atoms with Crippen molar-refractivity contribution in [3.05, 3.63) is 187 Å². The summed E-state index contributed by atoms with van der Waals surface area (Å²) >= 11 is 0. The molecule has 0 aliphatic heterocycles. The molecule has 1 aliphatic carbocycles. The monoisotopic (exact) mass is 617 g/mol. The zero-order valence-electron chi connectivity index (χ0n) is 30.9. The maximum absolute atomic E-state index is 9.78. The molecule has 0 fully saturated rings. The Hall–Kier alpha value is -5.92. The van der Waals surface area contributed by atoms with Crippen LogP contribution in [-0.2, 0) is 5.41 Å². The molecule has 0 spiro atoms. The molecule has 0 amide bonds. The highest BCUT2D eigenvalue weighted by Gasteiger charge is 2.35. The van der Waals surface area contributed by atoms with E-state index in [9.17, 15) is 2.74 Å². The van der Waals surface area contributed by atoms with Crippen LogP contribution in [0, 0.1) is 0 Å². The van der Waals surface area contributed by atoms with Crippen LogP contribution in [0.2, 0.25) is 0 Å². The Kier molecular flexibility index (Phi) is 5.62. The normalized spacial score (nSPS) is 14.1. The summed E-state index contributed by atoms with van der Waals surface area (Å²) in [6.07, 6.45) is 0. The zero-order valence-corrected chi connectivity index (χ0v) is 26.9. The number of hydrogen-bond donors (Lipinski definition) is 0. The lowest BCUT2D eigenvalue weighted by Gasteiger charge is -2.29. The second-order valence-electron chi connectivity index (χ2n) is 13.1. The van der Waals surface area contributed by atoms with Crippen molar-refractivity contribution in [1.82, 2.24) is 0 Å². The van der Waals surface area contributed by atoms with Gasteiger partial charge in [-0.25, -0.2) is 0 Å². The van der Waals surface area contributed by atoms with Crippen LogP contribution in [0.5, 0.6) is 0 Å². The molecular weight excluding hydrogens is 579 g/mol. The molecule has 1 nitrogen and oxygen atoms in total. The molecule has 1 heteroatoms. The molecule has 9 rings (SSSR count). The average molecular weight is 618 g/mol. The molecule has 48 heavy (non-hydrogen) atoms. The fraction of sp³-hybridized carbons (Fsp3) is 0.0638. The van der Waals surface area contributed by atoms with E-state index in [1.807, 2.05) is 71.6 Å². The summed E-state index contributed by atoms with van der Waals surface area (Å²) < 4.78 is 37.3. The van der Waals surface area contributed by atoms with Gasteiger partial charge in [0.25, 0.3) is 0 Å². The lowest BCUT2D eigenvalue weighted by atomic mass is 9.82. The Morgan fingerprint density at radius 1 is 0.438 bits per heavy atom. The molecule has 0 saturated carbocycles. The Morgan fingerprint density at radius 2 is 1.04 bits per heavy atom. The molecular formula is C47H35N. The van der Waals surface area contributed by atoms with E-state index >= 15 is 0 Å². The van der Waals surface area contributed by atoms with Crippen LogP contribution >= 0.6 is 0 Å². The van der Waals surface area contributed by atoms with E-state index < -0.39 is 0 Å². The van der Waals surface area contributed by atoms with Crippen molar-refractivity contribution >= 4 is 38.6 Å². The lowest BCUT2D eigenvalue weighted by molar-refractivity contribution is 0.660. The average Bonchev–Trinajstić information content (AvgIpc) is 3.41. The van der Waals surface area contributed by atoms with Gasteiger partial charge in [-0.3, -0.25) is 0 Å². The van der Waals surface area contributed by atoms with Gasteiger partial charge in [0, 0.05) is 22.5 Å². The topological polar surface area (TPSA) is 3.24 Å². The molecule has 228 valence electrons. The van der Waals surface area contributed by atoms with Gasteiger partial charge in [-0.05, 0) is 115 Å². The summed E-state index contributed by atoms with van der Waals surface area (Å²) in [4.78, 5) is 1.95. The molecule has 0 atom stereocenters. The number of fused-ring (bicyclic) bond motifs is 5. The van der Waals surface area contributed by atoms with Crippen molar-refractivity contribution in [1.29, 1.82) is 0 Å². The van der Waals surface area contributed by atoms with Gasteiger partial charge in [0.05, 0.1) is 5.48 Å². The fourth-order valence-electron chi connectivity index (χ4n) is 7.37. The van der Waals surface area contributed by atoms with Crippen molar-refractivity contribution in [3.63, 3.8) is 0 Å². The van der Waals surface area contributed by atoms with Gasteiger partial charge in [0.15, 0.2) is 0 Å². The molecule has 0 bridgehead atoms.